The maximum Gasteiger partial charge on any atom is 0.255 e. The zero-order valence-electron chi connectivity index (χ0n) is 14.7. The van der Waals surface area contributed by atoms with E-state index in [2.05, 4.69) is 22.8 Å². The molecule has 0 saturated carbocycles. The van der Waals surface area contributed by atoms with E-state index >= 15 is 0 Å². The van der Waals surface area contributed by atoms with E-state index in [1.54, 1.807) is 55.6 Å². The summed E-state index contributed by atoms with van der Waals surface area (Å²) in [5, 5.41) is 5.75. The Bertz CT molecular complexity index is 795. The van der Waals surface area contributed by atoms with Gasteiger partial charge in [-0.3, -0.25) is 9.59 Å². The lowest BCUT2D eigenvalue weighted by Gasteiger charge is -2.17. The fourth-order valence-corrected chi connectivity index (χ4v) is 2.86. The van der Waals surface area contributed by atoms with Crippen molar-refractivity contribution < 1.29 is 14.3 Å². The van der Waals surface area contributed by atoms with Gasteiger partial charge in [-0.1, -0.05) is 12.2 Å². The monoisotopic (exact) mass is 350 g/mol. The topological polar surface area (TPSA) is 67.4 Å². The van der Waals surface area contributed by atoms with Crippen LogP contribution in [0.15, 0.2) is 60.7 Å². The maximum atomic E-state index is 12.3. The molecule has 26 heavy (non-hydrogen) atoms. The zero-order valence-corrected chi connectivity index (χ0v) is 14.7. The van der Waals surface area contributed by atoms with Crippen molar-refractivity contribution in [2.24, 2.45) is 5.92 Å². The Kier molecular flexibility index (Phi) is 5.69. The minimum Gasteiger partial charge on any atom is -0.497 e. The number of anilines is 2. The number of carbonyl (C=O) groups is 2. The highest BCUT2D eigenvalue weighted by atomic mass is 16.5. The van der Waals surface area contributed by atoms with Crippen LogP contribution in [-0.2, 0) is 4.79 Å². The molecule has 2 amide bonds. The molecule has 2 aromatic rings. The predicted molar refractivity (Wildman–Crippen MR) is 102 cm³/mol. The van der Waals surface area contributed by atoms with Gasteiger partial charge in [0, 0.05) is 22.9 Å². The first-order valence-corrected chi connectivity index (χ1v) is 8.67. The van der Waals surface area contributed by atoms with Crippen molar-refractivity contribution in [3.05, 3.63) is 66.2 Å². The minimum atomic E-state index is -0.203. The largest absolute Gasteiger partial charge is 0.497 e. The molecule has 5 nitrogen and oxygen atoms in total. The van der Waals surface area contributed by atoms with Gasteiger partial charge in [0.15, 0.2) is 0 Å². The summed E-state index contributed by atoms with van der Waals surface area (Å²) >= 11 is 0. The maximum absolute atomic E-state index is 12.3. The van der Waals surface area contributed by atoms with Gasteiger partial charge in [-0.05, 0) is 67.8 Å². The van der Waals surface area contributed by atoms with Crippen molar-refractivity contribution >= 4 is 23.2 Å². The highest BCUT2D eigenvalue weighted by molar-refractivity contribution is 6.04. The second-order valence-electron chi connectivity index (χ2n) is 6.23. The normalized spacial score (nSPS) is 16.0. The van der Waals surface area contributed by atoms with E-state index in [-0.39, 0.29) is 17.7 Å². The number of benzene rings is 2. The summed E-state index contributed by atoms with van der Waals surface area (Å²) in [5.74, 6) is 0.588. The first-order chi connectivity index (χ1) is 12.7. The lowest BCUT2D eigenvalue weighted by Crippen LogP contribution is -2.23. The number of hydrogen-bond acceptors (Lipinski definition) is 3. The van der Waals surface area contributed by atoms with Crippen LogP contribution >= 0.6 is 0 Å². The molecule has 134 valence electrons. The number of methoxy groups -OCH3 is 1. The van der Waals surface area contributed by atoms with Crippen molar-refractivity contribution in [3.63, 3.8) is 0 Å². The second kappa shape index (κ2) is 8.34. The Hall–Kier alpha value is -3.08. The Morgan fingerprint density at radius 1 is 0.923 bits per heavy atom. The summed E-state index contributed by atoms with van der Waals surface area (Å²) in [6.45, 7) is 0. The summed E-state index contributed by atoms with van der Waals surface area (Å²) < 4.78 is 5.10. The van der Waals surface area contributed by atoms with E-state index < -0.39 is 0 Å². The van der Waals surface area contributed by atoms with Crippen molar-refractivity contribution in [1.82, 2.24) is 0 Å². The van der Waals surface area contributed by atoms with Gasteiger partial charge >= 0.3 is 0 Å². The Morgan fingerprint density at radius 2 is 1.58 bits per heavy atom. The third-order valence-electron chi connectivity index (χ3n) is 4.40. The molecular weight excluding hydrogens is 328 g/mol. The number of allylic oxidation sites excluding steroid dienone is 2. The van der Waals surface area contributed by atoms with Crippen molar-refractivity contribution in [2.75, 3.05) is 17.7 Å². The quantitative estimate of drug-likeness (QED) is 0.793. The van der Waals surface area contributed by atoms with Gasteiger partial charge in [-0.2, -0.15) is 0 Å². The second-order valence-corrected chi connectivity index (χ2v) is 6.23. The predicted octanol–water partition coefficient (Wildman–Crippen LogP) is 4.24. The average molecular weight is 350 g/mol. The van der Waals surface area contributed by atoms with E-state index in [9.17, 15) is 9.59 Å². The van der Waals surface area contributed by atoms with Crippen LogP contribution in [0.2, 0.25) is 0 Å². The van der Waals surface area contributed by atoms with Crippen molar-refractivity contribution in [3.8, 4) is 5.75 Å². The van der Waals surface area contributed by atoms with Crippen molar-refractivity contribution in [1.29, 1.82) is 0 Å². The molecule has 1 aliphatic carbocycles. The molecule has 1 aliphatic rings. The van der Waals surface area contributed by atoms with Gasteiger partial charge < -0.3 is 15.4 Å². The van der Waals surface area contributed by atoms with E-state index in [0.717, 1.165) is 25.0 Å². The number of carbonyl (C=O) groups excluding carboxylic acids is 2. The van der Waals surface area contributed by atoms with Crippen LogP contribution < -0.4 is 15.4 Å². The van der Waals surface area contributed by atoms with E-state index in [1.165, 1.54) is 0 Å². The molecule has 0 spiro atoms. The molecule has 1 atom stereocenters. The standard InChI is InChI=1S/C21H22N2O3/c1-26-19-13-11-18(12-14-19)23-21(25)16-7-9-17(10-8-16)22-20(24)15-5-3-2-4-6-15/h2-3,7-15H,4-6H2,1H3,(H,22,24)(H,23,25). The molecule has 1 unspecified atom stereocenters. The Morgan fingerprint density at radius 3 is 2.19 bits per heavy atom. The first-order valence-electron chi connectivity index (χ1n) is 8.67. The molecule has 5 heteroatoms. The smallest absolute Gasteiger partial charge is 0.255 e. The van der Waals surface area contributed by atoms with E-state index in [1.807, 2.05) is 0 Å². The van der Waals surface area contributed by atoms with Gasteiger partial charge in [0.25, 0.3) is 5.91 Å². The zero-order chi connectivity index (χ0) is 18.4. The van der Waals surface area contributed by atoms with Crippen LogP contribution in [-0.4, -0.2) is 18.9 Å². The van der Waals surface area contributed by atoms with Crippen LogP contribution in [0.3, 0.4) is 0 Å². The summed E-state index contributed by atoms with van der Waals surface area (Å²) in [7, 11) is 1.60. The number of hydrogen-bond donors (Lipinski definition) is 2. The molecule has 0 fully saturated rings. The van der Waals surface area contributed by atoms with Crippen LogP contribution in [0.5, 0.6) is 5.75 Å². The lowest BCUT2D eigenvalue weighted by atomic mass is 9.93. The van der Waals surface area contributed by atoms with E-state index in [4.69, 9.17) is 4.74 Å². The van der Waals surface area contributed by atoms with Gasteiger partial charge in [0.2, 0.25) is 5.91 Å². The number of rotatable bonds is 5. The number of nitrogens with one attached hydrogen (secondary N) is 2. The molecule has 0 heterocycles. The summed E-state index contributed by atoms with van der Waals surface area (Å²) in [4.78, 5) is 24.6. The van der Waals surface area contributed by atoms with Gasteiger partial charge in [0.05, 0.1) is 7.11 Å². The molecule has 0 radical (unpaired) electrons. The van der Waals surface area contributed by atoms with Crippen LogP contribution in [0, 0.1) is 5.92 Å². The number of ether oxygens (including phenoxy) is 1. The van der Waals surface area contributed by atoms with Crippen molar-refractivity contribution in [2.45, 2.75) is 19.3 Å². The van der Waals surface area contributed by atoms with Crippen LogP contribution in [0.4, 0.5) is 11.4 Å². The number of amides is 2. The third kappa shape index (κ3) is 4.51. The molecule has 0 aromatic heterocycles. The molecule has 0 aliphatic heterocycles. The summed E-state index contributed by atoms with van der Waals surface area (Å²) in [5.41, 5.74) is 1.92. The molecule has 0 bridgehead atoms. The van der Waals surface area contributed by atoms with Crippen LogP contribution in [0.25, 0.3) is 0 Å². The van der Waals surface area contributed by atoms with Gasteiger partial charge in [-0.15, -0.1) is 0 Å². The fraction of sp³-hybridized carbons (Fsp3) is 0.238. The SMILES string of the molecule is COc1ccc(NC(=O)c2ccc(NC(=O)C3CC=CCC3)cc2)cc1. The van der Waals surface area contributed by atoms with Crippen LogP contribution in [0.1, 0.15) is 29.6 Å². The molecule has 0 saturated heterocycles. The Labute approximate surface area is 153 Å². The highest BCUT2D eigenvalue weighted by Gasteiger charge is 2.18. The average Bonchev–Trinajstić information content (AvgIpc) is 2.69. The van der Waals surface area contributed by atoms with E-state index in [0.29, 0.717) is 16.9 Å². The van der Waals surface area contributed by atoms with Gasteiger partial charge in [0.1, 0.15) is 5.75 Å². The minimum absolute atomic E-state index is 0.0260. The fourth-order valence-electron chi connectivity index (χ4n) is 2.86. The lowest BCUT2D eigenvalue weighted by molar-refractivity contribution is -0.120. The third-order valence-corrected chi connectivity index (χ3v) is 4.40. The molecule has 2 aromatic carbocycles. The Balaban J connectivity index is 1.58. The molecular formula is C21H22N2O3. The van der Waals surface area contributed by atoms with Gasteiger partial charge in [-0.25, -0.2) is 0 Å². The highest BCUT2D eigenvalue weighted by Crippen LogP contribution is 2.21. The summed E-state index contributed by atoms with van der Waals surface area (Å²) in [6, 6.07) is 14.0. The molecule has 3 rings (SSSR count). The first kappa shape index (κ1) is 17.7. The molecule has 2 N–H and O–H groups in total. The summed E-state index contributed by atoms with van der Waals surface area (Å²) in [6.07, 6.45) is 6.78.